The maximum atomic E-state index is 12.7. The van der Waals surface area contributed by atoms with E-state index in [1.165, 1.54) is 23.1 Å². The number of hydrogen-bond acceptors (Lipinski definition) is 8. The van der Waals surface area contributed by atoms with Gasteiger partial charge in [-0.15, -0.1) is 21.5 Å². The SMILES string of the molecule is CCOC(=O)c1c(NC(=O)CSc2nnc(-c3ccc(OCC(C)C)cc3)n2CC)sc(C)c1C. The predicted octanol–water partition coefficient (Wildman–Crippen LogP) is 5.59. The van der Waals surface area contributed by atoms with Crippen molar-refractivity contribution in [3.63, 3.8) is 0 Å². The van der Waals surface area contributed by atoms with Crippen LogP contribution in [-0.4, -0.2) is 45.6 Å². The van der Waals surface area contributed by atoms with E-state index in [4.69, 9.17) is 9.47 Å². The zero-order valence-electron chi connectivity index (χ0n) is 21.0. The van der Waals surface area contributed by atoms with Gasteiger partial charge in [-0.2, -0.15) is 0 Å². The molecular weight excluding hydrogens is 484 g/mol. The van der Waals surface area contributed by atoms with Crippen LogP contribution in [0.15, 0.2) is 29.4 Å². The van der Waals surface area contributed by atoms with Gasteiger partial charge in [0, 0.05) is 17.0 Å². The molecule has 0 aliphatic carbocycles. The molecule has 10 heteroatoms. The molecule has 1 N–H and O–H groups in total. The third-order valence-electron chi connectivity index (χ3n) is 5.18. The summed E-state index contributed by atoms with van der Waals surface area (Å²) >= 11 is 2.68. The van der Waals surface area contributed by atoms with Gasteiger partial charge in [-0.3, -0.25) is 4.79 Å². The van der Waals surface area contributed by atoms with E-state index >= 15 is 0 Å². The number of ether oxygens (including phenoxy) is 2. The van der Waals surface area contributed by atoms with Crippen LogP contribution in [0.4, 0.5) is 5.00 Å². The number of esters is 1. The molecule has 2 aromatic heterocycles. The molecule has 188 valence electrons. The first-order valence-corrected chi connectivity index (χ1v) is 13.4. The smallest absolute Gasteiger partial charge is 0.341 e. The van der Waals surface area contributed by atoms with Gasteiger partial charge in [0.25, 0.3) is 0 Å². The number of aromatic nitrogens is 3. The van der Waals surface area contributed by atoms with Crippen LogP contribution in [0.5, 0.6) is 5.75 Å². The fourth-order valence-electron chi connectivity index (χ4n) is 3.31. The van der Waals surface area contributed by atoms with Crippen molar-refractivity contribution in [1.29, 1.82) is 0 Å². The molecule has 0 aliphatic heterocycles. The number of hydrogen-bond donors (Lipinski definition) is 1. The molecule has 0 spiro atoms. The lowest BCUT2D eigenvalue weighted by Crippen LogP contribution is -2.17. The van der Waals surface area contributed by atoms with Crippen LogP contribution in [0.1, 0.15) is 48.5 Å². The average molecular weight is 517 g/mol. The van der Waals surface area contributed by atoms with Crippen LogP contribution < -0.4 is 10.1 Å². The number of thiophene rings is 1. The fourth-order valence-corrected chi connectivity index (χ4v) is 5.18. The molecule has 0 aliphatic rings. The molecule has 0 atom stereocenters. The van der Waals surface area contributed by atoms with Gasteiger partial charge in [0.05, 0.1) is 24.5 Å². The van der Waals surface area contributed by atoms with Gasteiger partial charge in [0.1, 0.15) is 10.8 Å². The number of amides is 1. The molecule has 0 radical (unpaired) electrons. The Bertz CT molecular complexity index is 1170. The second kappa shape index (κ2) is 12.2. The summed E-state index contributed by atoms with van der Waals surface area (Å²) in [5.74, 6) is 1.50. The number of carbonyl (C=O) groups is 2. The molecule has 1 aromatic carbocycles. The minimum absolute atomic E-state index is 0.137. The van der Waals surface area contributed by atoms with Crippen molar-refractivity contribution in [3.05, 3.63) is 40.3 Å². The van der Waals surface area contributed by atoms with Gasteiger partial charge in [0.15, 0.2) is 11.0 Å². The van der Waals surface area contributed by atoms with Crippen LogP contribution in [0.3, 0.4) is 0 Å². The number of carbonyl (C=O) groups excluding carboxylic acids is 2. The molecular formula is C25H32N4O4S2. The first-order valence-electron chi connectivity index (χ1n) is 11.6. The number of aryl methyl sites for hydroxylation is 1. The van der Waals surface area contributed by atoms with Crippen LogP contribution in [0.2, 0.25) is 0 Å². The largest absolute Gasteiger partial charge is 0.493 e. The first kappa shape index (κ1) is 26.7. The second-order valence-electron chi connectivity index (χ2n) is 8.32. The van der Waals surface area contributed by atoms with Crippen LogP contribution >= 0.6 is 23.1 Å². The monoisotopic (exact) mass is 516 g/mol. The summed E-state index contributed by atoms with van der Waals surface area (Å²) in [5.41, 5.74) is 2.18. The highest BCUT2D eigenvalue weighted by Gasteiger charge is 2.22. The quantitative estimate of drug-likeness (QED) is 0.262. The van der Waals surface area contributed by atoms with E-state index in [2.05, 4.69) is 29.4 Å². The summed E-state index contributed by atoms with van der Waals surface area (Å²) in [6, 6.07) is 7.79. The topological polar surface area (TPSA) is 95.3 Å². The standard InChI is InChI=1S/C25H32N4O4S2/c1-7-29-22(18-9-11-19(12-10-18)33-13-15(3)4)27-28-25(29)34-14-20(30)26-23-21(24(31)32-8-2)16(5)17(6)35-23/h9-12,15H,7-8,13-14H2,1-6H3,(H,26,30). The Morgan fingerprint density at radius 3 is 2.49 bits per heavy atom. The maximum Gasteiger partial charge on any atom is 0.341 e. The van der Waals surface area contributed by atoms with E-state index in [-0.39, 0.29) is 18.3 Å². The van der Waals surface area contributed by atoms with Gasteiger partial charge in [-0.05, 0) is 63.4 Å². The zero-order chi connectivity index (χ0) is 25.5. The fraction of sp³-hybridized carbons (Fsp3) is 0.440. The number of benzene rings is 1. The molecule has 0 unspecified atom stereocenters. The Morgan fingerprint density at radius 2 is 1.86 bits per heavy atom. The third-order valence-corrected chi connectivity index (χ3v) is 7.27. The van der Waals surface area contributed by atoms with E-state index < -0.39 is 5.97 Å². The number of nitrogens with one attached hydrogen (secondary N) is 1. The molecule has 0 saturated carbocycles. The summed E-state index contributed by atoms with van der Waals surface area (Å²) in [5, 5.41) is 12.7. The van der Waals surface area contributed by atoms with Crippen molar-refractivity contribution >= 4 is 40.0 Å². The van der Waals surface area contributed by atoms with E-state index in [1.54, 1.807) is 6.92 Å². The number of nitrogens with zero attached hydrogens (tertiary/aromatic N) is 3. The molecule has 3 rings (SSSR count). The lowest BCUT2D eigenvalue weighted by Gasteiger charge is -2.10. The van der Waals surface area contributed by atoms with E-state index in [0.717, 1.165) is 27.6 Å². The molecule has 3 aromatic rings. The normalized spacial score (nSPS) is 11.1. The molecule has 0 bridgehead atoms. The lowest BCUT2D eigenvalue weighted by molar-refractivity contribution is -0.113. The summed E-state index contributed by atoms with van der Waals surface area (Å²) in [6.07, 6.45) is 0. The number of anilines is 1. The molecule has 35 heavy (non-hydrogen) atoms. The van der Waals surface area contributed by atoms with Crippen LogP contribution in [0.25, 0.3) is 11.4 Å². The summed E-state index contributed by atoms with van der Waals surface area (Å²) < 4.78 is 12.9. The van der Waals surface area contributed by atoms with Crippen LogP contribution in [0, 0.1) is 19.8 Å². The van der Waals surface area contributed by atoms with Gasteiger partial charge in [-0.1, -0.05) is 25.6 Å². The zero-order valence-corrected chi connectivity index (χ0v) is 22.6. The van der Waals surface area contributed by atoms with Gasteiger partial charge in [-0.25, -0.2) is 4.79 Å². The van der Waals surface area contributed by atoms with E-state index in [1.807, 2.05) is 49.6 Å². The molecule has 1 amide bonds. The highest BCUT2D eigenvalue weighted by atomic mass is 32.2. The molecule has 0 fully saturated rings. The Balaban J connectivity index is 1.68. The Kier molecular flexibility index (Phi) is 9.33. The lowest BCUT2D eigenvalue weighted by atomic mass is 10.1. The Labute approximate surface area is 214 Å². The van der Waals surface area contributed by atoms with Crippen LogP contribution in [-0.2, 0) is 16.1 Å². The predicted molar refractivity (Wildman–Crippen MR) is 141 cm³/mol. The second-order valence-corrected chi connectivity index (χ2v) is 10.5. The Morgan fingerprint density at radius 1 is 1.14 bits per heavy atom. The average Bonchev–Trinajstić information content (AvgIpc) is 3.36. The van der Waals surface area contributed by atoms with Crippen molar-refractivity contribution in [2.45, 2.75) is 53.2 Å². The third kappa shape index (κ3) is 6.64. The minimum Gasteiger partial charge on any atom is -0.493 e. The molecule has 2 heterocycles. The first-order chi connectivity index (χ1) is 16.7. The highest BCUT2D eigenvalue weighted by molar-refractivity contribution is 7.99. The summed E-state index contributed by atoms with van der Waals surface area (Å²) in [6.45, 7) is 13.4. The van der Waals surface area contributed by atoms with Crippen molar-refractivity contribution < 1.29 is 19.1 Å². The van der Waals surface area contributed by atoms with Gasteiger partial charge in [0.2, 0.25) is 5.91 Å². The van der Waals surface area contributed by atoms with Crippen molar-refractivity contribution in [2.75, 3.05) is 24.3 Å². The van der Waals surface area contributed by atoms with E-state index in [9.17, 15) is 9.59 Å². The van der Waals surface area contributed by atoms with Crippen molar-refractivity contribution in [1.82, 2.24) is 14.8 Å². The van der Waals surface area contributed by atoms with Gasteiger partial charge >= 0.3 is 5.97 Å². The summed E-state index contributed by atoms with van der Waals surface area (Å²) in [7, 11) is 0. The van der Waals surface area contributed by atoms with Crippen molar-refractivity contribution in [2.24, 2.45) is 5.92 Å². The summed E-state index contributed by atoms with van der Waals surface area (Å²) in [4.78, 5) is 26.0. The highest BCUT2D eigenvalue weighted by Crippen LogP contribution is 2.33. The molecule has 8 nitrogen and oxygen atoms in total. The van der Waals surface area contributed by atoms with E-state index in [0.29, 0.717) is 34.8 Å². The van der Waals surface area contributed by atoms with Crippen molar-refractivity contribution in [3.8, 4) is 17.1 Å². The number of rotatable bonds is 11. The number of thioether (sulfide) groups is 1. The van der Waals surface area contributed by atoms with Gasteiger partial charge < -0.3 is 19.4 Å². The maximum absolute atomic E-state index is 12.7. The molecule has 0 saturated heterocycles. The minimum atomic E-state index is -0.423. The Hall–Kier alpha value is -2.85.